The van der Waals surface area contributed by atoms with E-state index in [1.165, 1.54) is 0 Å². The second-order valence-corrected chi connectivity index (χ2v) is 7.85. The molecule has 6 nitrogen and oxygen atoms in total. The molecule has 1 atom stereocenters. The summed E-state index contributed by atoms with van der Waals surface area (Å²) in [6.45, 7) is 4.54. The third-order valence-electron chi connectivity index (χ3n) is 4.19. The van der Waals surface area contributed by atoms with Crippen molar-refractivity contribution in [3.8, 4) is 0 Å². The van der Waals surface area contributed by atoms with Crippen LogP contribution >= 0.6 is 22.9 Å². The largest absolute Gasteiger partial charge is 0.354 e. The van der Waals surface area contributed by atoms with Crippen molar-refractivity contribution in [1.82, 2.24) is 19.9 Å². The SMILES string of the molecule is Cc1nc([C@H]2CCCN(Cc3sc(N(C)C)nc3Cl)C2)cc(=O)[nH]1. The smallest absolute Gasteiger partial charge is 0.251 e. The van der Waals surface area contributed by atoms with Gasteiger partial charge < -0.3 is 9.88 Å². The molecule has 0 unspecified atom stereocenters. The molecule has 3 heterocycles. The molecule has 0 amide bonds. The number of anilines is 1. The first-order chi connectivity index (χ1) is 11.4. The van der Waals surface area contributed by atoms with E-state index in [0.29, 0.717) is 16.9 Å². The Bertz CT molecular complexity index is 772. The quantitative estimate of drug-likeness (QED) is 0.899. The maximum atomic E-state index is 11.7. The lowest BCUT2D eigenvalue weighted by Crippen LogP contribution is -2.34. The Morgan fingerprint density at radius 2 is 2.25 bits per heavy atom. The number of piperidine rings is 1. The number of nitrogens with zero attached hydrogens (tertiary/aromatic N) is 4. The number of H-pyrrole nitrogens is 1. The predicted octanol–water partition coefficient (Wildman–Crippen LogP) is 2.63. The lowest BCUT2D eigenvalue weighted by Gasteiger charge is -2.32. The molecule has 0 spiro atoms. The van der Waals surface area contributed by atoms with Gasteiger partial charge in [0.15, 0.2) is 5.13 Å². The van der Waals surface area contributed by atoms with Crippen molar-refractivity contribution in [2.45, 2.75) is 32.2 Å². The molecule has 2 aromatic heterocycles. The number of likely N-dealkylation sites (tertiary alicyclic amines) is 1. The van der Waals surface area contributed by atoms with Gasteiger partial charge in [-0.2, -0.15) is 0 Å². The van der Waals surface area contributed by atoms with Crippen LogP contribution in [0.4, 0.5) is 5.13 Å². The molecule has 0 aliphatic carbocycles. The van der Waals surface area contributed by atoms with E-state index in [4.69, 9.17) is 11.6 Å². The number of halogens is 1. The number of nitrogens with one attached hydrogen (secondary N) is 1. The summed E-state index contributed by atoms with van der Waals surface area (Å²) in [7, 11) is 3.94. The highest BCUT2D eigenvalue weighted by Crippen LogP contribution is 2.32. The van der Waals surface area contributed by atoms with E-state index in [-0.39, 0.29) is 5.56 Å². The zero-order valence-corrected chi connectivity index (χ0v) is 15.7. The Hall–Kier alpha value is -1.44. The Morgan fingerprint density at radius 1 is 1.46 bits per heavy atom. The molecule has 3 rings (SSSR count). The summed E-state index contributed by atoms with van der Waals surface area (Å²) in [6, 6.07) is 1.63. The second-order valence-electron chi connectivity index (χ2n) is 6.43. The standard InChI is InChI=1S/C16H22ClN5OS/c1-10-18-12(7-14(23)19-10)11-5-4-6-22(8-11)9-13-15(17)20-16(24-13)21(2)3/h7,11H,4-6,8-9H2,1-3H3,(H,18,19,23)/t11-/m0/s1. The molecule has 0 aromatic carbocycles. The number of thiazole rings is 1. The van der Waals surface area contributed by atoms with Gasteiger partial charge in [0.1, 0.15) is 11.0 Å². The molecule has 1 aliphatic heterocycles. The van der Waals surface area contributed by atoms with Gasteiger partial charge in [0.2, 0.25) is 0 Å². The number of aromatic nitrogens is 3. The fourth-order valence-electron chi connectivity index (χ4n) is 3.07. The summed E-state index contributed by atoms with van der Waals surface area (Å²) in [5.74, 6) is 0.968. The number of hydrogen-bond acceptors (Lipinski definition) is 6. The summed E-state index contributed by atoms with van der Waals surface area (Å²) in [5.41, 5.74) is 0.820. The van der Waals surface area contributed by atoms with Crippen molar-refractivity contribution < 1.29 is 0 Å². The summed E-state index contributed by atoms with van der Waals surface area (Å²) < 4.78 is 0. The highest BCUT2D eigenvalue weighted by molar-refractivity contribution is 7.16. The molecule has 1 N–H and O–H groups in total. The molecule has 2 aromatic rings. The maximum absolute atomic E-state index is 11.7. The average molecular weight is 368 g/mol. The molecule has 0 bridgehead atoms. The molecule has 0 radical (unpaired) electrons. The van der Waals surface area contributed by atoms with Crippen molar-refractivity contribution in [2.24, 2.45) is 0 Å². The van der Waals surface area contributed by atoms with E-state index in [9.17, 15) is 4.79 Å². The van der Waals surface area contributed by atoms with Crippen LogP contribution in [0.25, 0.3) is 0 Å². The molecule has 130 valence electrons. The summed E-state index contributed by atoms with van der Waals surface area (Å²) in [5, 5.41) is 1.52. The first kappa shape index (κ1) is 17.4. The fraction of sp³-hybridized carbons (Fsp3) is 0.562. The molecular weight excluding hydrogens is 346 g/mol. The zero-order valence-electron chi connectivity index (χ0n) is 14.2. The lowest BCUT2D eigenvalue weighted by atomic mass is 9.94. The molecule has 8 heteroatoms. The molecule has 1 fully saturated rings. The first-order valence-electron chi connectivity index (χ1n) is 8.05. The van der Waals surface area contributed by atoms with Gasteiger partial charge in [-0.05, 0) is 26.3 Å². The van der Waals surface area contributed by atoms with Gasteiger partial charge in [-0.15, -0.1) is 0 Å². The van der Waals surface area contributed by atoms with Crippen LogP contribution in [0.3, 0.4) is 0 Å². The number of rotatable bonds is 4. The van der Waals surface area contributed by atoms with Gasteiger partial charge in [-0.1, -0.05) is 22.9 Å². The highest BCUT2D eigenvalue weighted by Gasteiger charge is 2.24. The topological polar surface area (TPSA) is 65.1 Å². The molecular formula is C16H22ClN5OS. The van der Waals surface area contributed by atoms with Crippen LogP contribution in [0.15, 0.2) is 10.9 Å². The monoisotopic (exact) mass is 367 g/mol. The third-order valence-corrected chi connectivity index (χ3v) is 5.82. The van der Waals surface area contributed by atoms with Crippen LogP contribution in [-0.4, -0.2) is 47.0 Å². The van der Waals surface area contributed by atoms with E-state index < -0.39 is 0 Å². The Balaban J connectivity index is 1.73. The van der Waals surface area contributed by atoms with E-state index >= 15 is 0 Å². The van der Waals surface area contributed by atoms with Crippen LogP contribution in [0.1, 0.15) is 35.2 Å². The Morgan fingerprint density at radius 3 is 2.92 bits per heavy atom. The first-order valence-corrected chi connectivity index (χ1v) is 9.24. The van der Waals surface area contributed by atoms with Gasteiger partial charge in [-0.3, -0.25) is 9.69 Å². The Labute approximate surface area is 150 Å². The van der Waals surface area contributed by atoms with Crippen molar-refractivity contribution in [2.75, 3.05) is 32.1 Å². The second kappa shape index (κ2) is 7.21. The van der Waals surface area contributed by atoms with Crippen molar-refractivity contribution in [3.05, 3.63) is 38.0 Å². The van der Waals surface area contributed by atoms with Crippen LogP contribution in [-0.2, 0) is 6.54 Å². The average Bonchev–Trinajstić information content (AvgIpc) is 2.88. The summed E-state index contributed by atoms with van der Waals surface area (Å²) >= 11 is 7.93. The van der Waals surface area contributed by atoms with Crippen LogP contribution in [0, 0.1) is 6.92 Å². The van der Waals surface area contributed by atoms with Crippen LogP contribution in [0.2, 0.25) is 5.15 Å². The van der Waals surface area contributed by atoms with Crippen molar-refractivity contribution >= 4 is 28.1 Å². The highest BCUT2D eigenvalue weighted by atomic mass is 35.5. The normalized spacial score (nSPS) is 18.8. The number of aromatic amines is 1. The number of hydrogen-bond donors (Lipinski definition) is 1. The third kappa shape index (κ3) is 3.96. The van der Waals surface area contributed by atoms with E-state index in [1.54, 1.807) is 17.4 Å². The van der Waals surface area contributed by atoms with Gasteiger partial charge in [0, 0.05) is 39.2 Å². The van der Waals surface area contributed by atoms with Gasteiger partial charge in [-0.25, -0.2) is 9.97 Å². The van der Waals surface area contributed by atoms with E-state index in [2.05, 4.69) is 19.9 Å². The van der Waals surface area contributed by atoms with Crippen LogP contribution < -0.4 is 10.5 Å². The zero-order chi connectivity index (χ0) is 17.3. The molecule has 24 heavy (non-hydrogen) atoms. The van der Waals surface area contributed by atoms with E-state index in [0.717, 1.165) is 48.2 Å². The van der Waals surface area contributed by atoms with Crippen molar-refractivity contribution in [1.29, 1.82) is 0 Å². The predicted molar refractivity (Wildman–Crippen MR) is 98.3 cm³/mol. The summed E-state index contributed by atoms with van der Waals surface area (Å²) in [4.78, 5) is 28.8. The van der Waals surface area contributed by atoms with Gasteiger partial charge >= 0.3 is 0 Å². The molecule has 1 saturated heterocycles. The fourth-order valence-corrected chi connectivity index (χ4v) is 4.29. The minimum atomic E-state index is -0.0734. The minimum absolute atomic E-state index is 0.0734. The number of aryl methyl sites for hydroxylation is 1. The molecule has 0 saturated carbocycles. The maximum Gasteiger partial charge on any atom is 0.251 e. The minimum Gasteiger partial charge on any atom is -0.354 e. The van der Waals surface area contributed by atoms with E-state index in [1.807, 2.05) is 25.9 Å². The lowest BCUT2D eigenvalue weighted by molar-refractivity contribution is 0.200. The van der Waals surface area contributed by atoms with Gasteiger partial charge in [0.25, 0.3) is 5.56 Å². The molecule has 1 aliphatic rings. The van der Waals surface area contributed by atoms with Crippen molar-refractivity contribution in [3.63, 3.8) is 0 Å². The van der Waals surface area contributed by atoms with Gasteiger partial charge in [0.05, 0.1) is 10.6 Å². The Kier molecular flexibility index (Phi) is 5.22. The summed E-state index contributed by atoms with van der Waals surface area (Å²) in [6.07, 6.45) is 2.15. The van der Waals surface area contributed by atoms with Crippen LogP contribution in [0.5, 0.6) is 0 Å².